The van der Waals surface area contributed by atoms with Crippen LogP contribution in [0.5, 0.6) is 5.75 Å². The van der Waals surface area contributed by atoms with Crippen molar-refractivity contribution in [3.05, 3.63) is 48.6 Å². The Morgan fingerprint density at radius 1 is 1.36 bits per heavy atom. The Bertz CT molecular complexity index is 538. The third kappa shape index (κ3) is 5.64. The van der Waals surface area contributed by atoms with Crippen LogP contribution in [0, 0.1) is 0 Å². The lowest BCUT2D eigenvalue weighted by Crippen LogP contribution is -2.29. The summed E-state index contributed by atoms with van der Waals surface area (Å²) in [5, 5.41) is 5.71. The molecule has 118 valence electrons. The number of anilines is 1. The van der Waals surface area contributed by atoms with Gasteiger partial charge in [0, 0.05) is 18.3 Å². The smallest absolute Gasteiger partial charge is 0.319 e. The third-order valence-corrected chi connectivity index (χ3v) is 3.58. The number of hydrogen-bond acceptors (Lipinski definition) is 2. The quantitative estimate of drug-likeness (QED) is 0.739. The number of ether oxygens (including phenoxy) is 1. The average molecular weight is 300 g/mol. The summed E-state index contributed by atoms with van der Waals surface area (Å²) in [7, 11) is 0. The topological polar surface area (TPSA) is 50.4 Å². The fraction of sp³-hybridized carbons (Fsp3) is 0.389. The summed E-state index contributed by atoms with van der Waals surface area (Å²) in [6.07, 6.45) is 9.86. The molecule has 1 aliphatic carbocycles. The molecule has 0 aliphatic heterocycles. The highest BCUT2D eigenvalue weighted by molar-refractivity contribution is 5.89. The van der Waals surface area contributed by atoms with Crippen molar-refractivity contribution in [2.45, 2.75) is 32.1 Å². The van der Waals surface area contributed by atoms with Gasteiger partial charge in [0.25, 0.3) is 0 Å². The maximum absolute atomic E-state index is 11.9. The van der Waals surface area contributed by atoms with Crippen molar-refractivity contribution in [1.29, 1.82) is 0 Å². The summed E-state index contributed by atoms with van der Waals surface area (Å²) in [5.41, 5.74) is 2.18. The van der Waals surface area contributed by atoms with Crippen LogP contribution < -0.4 is 15.4 Å². The summed E-state index contributed by atoms with van der Waals surface area (Å²) >= 11 is 0. The number of carbonyl (C=O) groups excluding carboxylic acids is 1. The number of urea groups is 1. The molecule has 4 heteroatoms. The van der Waals surface area contributed by atoms with Crippen molar-refractivity contribution in [3.8, 4) is 5.75 Å². The Labute approximate surface area is 132 Å². The Hall–Kier alpha value is -2.23. The van der Waals surface area contributed by atoms with E-state index in [9.17, 15) is 4.79 Å². The molecule has 0 atom stereocenters. The molecule has 2 amide bonds. The zero-order chi connectivity index (χ0) is 15.6. The number of allylic oxidation sites excluding steroid dienone is 1. The molecule has 1 aliphatic rings. The molecular formula is C18H24N2O2. The highest BCUT2D eigenvalue weighted by Gasteiger charge is 2.05. The second-order valence-corrected chi connectivity index (χ2v) is 5.37. The molecule has 0 heterocycles. The molecule has 22 heavy (non-hydrogen) atoms. The SMILES string of the molecule is C=CCOc1cccc(NC(=O)NCCC2=CCCCC2)c1. The predicted molar refractivity (Wildman–Crippen MR) is 90.3 cm³/mol. The lowest BCUT2D eigenvalue weighted by Gasteiger charge is -2.13. The Morgan fingerprint density at radius 3 is 3.05 bits per heavy atom. The van der Waals surface area contributed by atoms with Crippen LogP contribution in [0.2, 0.25) is 0 Å². The highest BCUT2D eigenvalue weighted by Crippen LogP contribution is 2.19. The van der Waals surface area contributed by atoms with E-state index < -0.39 is 0 Å². The number of rotatable bonds is 7. The summed E-state index contributed by atoms with van der Waals surface area (Å²) in [5.74, 6) is 0.713. The monoisotopic (exact) mass is 300 g/mol. The minimum Gasteiger partial charge on any atom is -0.489 e. The van der Waals surface area contributed by atoms with Gasteiger partial charge in [0.1, 0.15) is 12.4 Å². The molecule has 0 spiro atoms. The highest BCUT2D eigenvalue weighted by atomic mass is 16.5. The molecule has 2 rings (SSSR count). The van der Waals surface area contributed by atoms with E-state index in [2.05, 4.69) is 23.3 Å². The summed E-state index contributed by atoms with van der Waals surface area (Å²) < 4.78 is 5.44. The van der Waals surface area contributed by atoms with Crippen molar-refractivity contribution in [1.82, 2.24) is 5.32 Å². The van der Waals surface area contributed by atoms with E-state index in [0.29, 0.717) is 18.9 Å². The minimum atomic E-state index is -0.183. The maximum Gasteiger partial charge on any atom is 0.319 e. The fourth-order valence-electron chi connectivity index (χ4n) is 2.46. The van der Waals surface area contributed by atoms with E-state index in [0.717, 1.165) is 12.1 Å². The number of benzene rings is 1. The number of nitrogens with one attached hydrogen (secondary N) is 2. The summed E-state index contributed by atoms with van der Waals surface area (Å²) in [6, 6.07) is 7.15. The normalized spacial score (nSPS) is 13.9. The van der Waals surface area contributed by atoms with Crippen LogP contribution in [0.25, 0.3) is 0 Å². The Balaban J connectivity index is 1.74. The van der Waals surface area contributed by atoms with Gasteiger partial charge in [-0.2, -0.15) is 0 Å². The molecule has 0 saturated carbocycles. The maximum atomic E-state index is 11.9. The molecule has 0 radical (unpaired) electrons. The van der Waals surface area contributed by atoms with Gasteiger partial charge in [-0.05, 0) is 44.2 Å². The van der Waals surface area contributed by atoms with Crippen molar-refractivity contribution in [2.24, 2.45) is 0 Å². The Kier molecular flexibility index (Phi) is 6.55. The molecule has 1 aromatic rings. The average Bonchev–Trinajstić information content (AvgIpc) is 2.54. The van der Waals surface area contributed by atoms with Gasteiger partial charge in [-0.15, -0.1) is 0 Å². The molecule has 2 N–H and O–H groups in total. The molecule has 0 unspecified atom stereocenters. The van der Waals surface area contributed by atoms with E-state index in [1.54, 1.807) is 12.1 Å². The first kappa shape index (κ1) is 16.1. The predicted octanol–water partition coefficient (Wildman–Crippen LogP) is 4.26. The lowest BCUT2D eigenvalue weighted by molar-refractivity contribution is 0.252. The van der Waals surface area contributed by atoms with Gasteiger partial charge in [0.05, 0.1) is 0 Å². The minimum absolute atomic E-state index is 0.183. The van der Waals surface area contributed by atoms with Crippen LogP contribution in [-0.2, 0) is 0 Å². The third-order valence-electron chi connectivity index (χ3n) is 3.58. The first-order valence-corrected chi connectivity index (χ1v) is 7.84. The van der Waals surface area contributed by atoms with E-state index in [1.165, 1.54) is 31.3 Å². The van der Waals surface area contributed by atoms with Crippen LogP contribution in [0.4, 0.5) is 10.5 Å². The second-order valence-electron chi connectivity index (χ2n) is 5.37. The van der Waals surface area contributed by atoms with E-state index in [4.69, 9.17) is 4.74 Å². The van der Waals surface area contributed by atoms with Gasteiger partial charge < -0.3 is 15.4 Å². The molecule has 4 nitrogen and oxygen atoms in total. The molecular weight excluding hydrogens is 276 g/mol. The Morgan fingerprint density at radius 2 is 2.27 bits per heavy atom. The van der Waals surface area contributed by atoms with Gasteiger partial charge in [0.15, 0.2) is 0 Å². The largest absolute Gasteiger partial charge is 0.489 e. The van der Waals surface area contributed by atoms with Crippen LogP contribution in [-0.4, -0.2) is 19.2 Å². The second kappa shape index (κ2) is 8.93. The van der Waals surface area contributed by atoms with Crippen molar-refractivity contribution < 1.29 is 9.53 Å². The van der Waals surface area contributed by atoms with Crippen molar-refractivity contribution in [3.63, 3.8) is 0 Å². The van der Waals surface area contributed by atoms with Crippen molar-refractivity contribution >= 4 is 11.7 Å². The first-order chi connectivity index (χ1) is 10.8. The van der Waals surface area contributed by atoms with E-state index in [-0.39, 0.29) is 6.03 Å². The summed E-state index contributed by atoms with van der Waals surface area (Å²) in [6.45, 7) is 4.73. The zero-order valence-corrected chi connectivity index (χ0v) is 12.9. The van der Waals surface area contributed by atoms with Gasteiger partial charge in [0.2, 0.25) is 0 Å². The molecule has 0 aromatic heterocycles. The lowest BCUT2D eigenvalue weighted by atomic mass is 9.97. The van der Waals surface area contributed by atoms with E-state index in [1.807, 2.05) is 18.2 Å². The van der Waals surface area contributed by atoms with Gasteiger partial charge in [-0.3, -0.25) is 0 Å². The molecule has 1 aromatic carbocycles. The van der Waals surface area contributed by atoms with Crippen LogP contribution in [0.15, 0.2) is 48.6 Å². The van der Waals surface area contributed by atoms with Crippen LogP contribution >= 0.6 is 0 Å². The number of amides is 2. The molecule has 0 fully saturated rings. The fourth-order valence-corrected chi connectivity index (χ4v) is 2.46. The van der Waals surface area contributed by atoms with Crippen LogP contribution in [0.1, 0.15) is 32.1 Å². The number of hydrogen-bond donors (Lipinski definition) is 2. The first-order valence-electron chi connectivity index (χ1n) is 7.84. The molecule has 0 bridgehead atoms. The van der Waals surface area contributed by atoms with Gasteiger partial charge in [-0.25, -0.2) is 4.79 Å². The van der Waals surface area contributed by atoms with E-state index >= 15 is 0 Å². The summed E-state index contributed by atoms with van der Waals surface area (Å²) in [4.78, 5) is 11.9. The number of carbonyl (C=O) groups is 1. The van der Waals surface area contributed by atoms with Crippen molar-refractivity contribution in [2.75, 3.05) is 18.5 Å². The van der Waals surface area contributed by atoms with Gasteiger partial charge in [-0.1, -0.05) is 30.4 Å². The zero-order valence-electron chi connectivity index (χ0n) is 12.9. The van der Waals surface area contributed by atoms with Crippen LogP contribution in [0.3, 0.4) is 0 Å². The standard InChI is InChI=1S/C18H24N2O2/c1-2-13-22-17-10-6-9-16(14-17)20-18(21)19-12-11-15-7-4-3-5-8-15/h2,6-7,9-10,14H,1,3-5,8,11-13H2,(H2,19,20,21). The van der Waals surface area contributed by atoms with Gasteiger partial charge >= 0.3 is 6.03 Å². The molecule has 0 saturated heterocycles.